The monoisotopic (exact) mass is 953 g/mol. The van der Waals surface area contributed by atoms with E-state index in [9.17, 15) is 0 Å². The molecule has 0 nitrogen and oxygen atoms in total. The Labute approximate surface area is 437 Å². The molecule has 0 radical (unpaired) electrons. The molecular formula is C70H112. The fraction of sp³-hybridized carbons (Fsp3) is 0.657. The lowest BCUT2D eigenvalue weighted by Gasteiger charge is -2.57. The molecule has 0 aromatic heterocycles. The third-order valence-electron chi connectivity index (χ3n) is 18.5. The van der Waals surface area contributed by atoms with Gasteiger partial charge in [0.15, 0.2) is 0 Å². The van der Waals surface area contributed by atoms with Crippen LogP contribution in [0.3, 0.4) is 0 Å². The highest BCUT2D eigenvalue weighted by Crippen LogP contribution is 2.61. The van der Waals surface area contributed by atoms with E-state index < -0.39 is 0 Å². The van der Waals surface area contributed by atoms with Gasteiger partial charge in [0.1, 0.15) is 0 Å². The van der Waals surface area contributed by atoms with Gasteiger partial charge in [0, 0.05) is 0 Å². The van der Waals surface area contributed by atoms with Crippen LogP contribution >= 0.6 is 0 Å². The van der Waals surface area contributed by atoms with Gasteiger partial charge in [-0.05, 0) is 227 Å². The SMILES string of the molecule is C=C(C)C1=CCC(C)CC1.C=C(C)C1CC=C(C)CC1.C=C1CC=C(C(C)C)CC1.C=C1CCC2CC1C2(C)C.CC1=CC=C(C(C)C)CC1.CC1=CCC(C(C)C)=CC1.CC1=CCC2CC1C2(C)C. The molecule has 0 aromatic rings. The number of hydrogen-bond acceptors (Lipinski definition) is 0. The molecule has 0 spiro atoms. The molecule has 11 aliphatic rings. The molecule has 0 aliphatic heterocycles. The highest BCUT2D eigenvalue weighted by molar-refractivity contribution is 5.28. The zero-order valence-electron chi connectivity index (χ0n) is 49.4. The van der Waals surface area contributed by atoms with Crippen LogP contribution in [0.4, 0.5) is 0 Å². The van der Waals surface area contributed by atoms with E-state index in [1.807, 2.05) is 0 Å². The van der Waals surface area contributed by atoms with E-state index in [2.05, 4.69) is 193 Å². The van der Waals surface area contributed by atoms with Crippen LogP contribution in [0.2, 0.25) is 0 Å². The Bertz CT molecular complexity index is 2000. The summed E-state index contributed by atoms with van der Waals surface area (Å²) in [6.45, 7) is 54.7. The predicted molar refractivity (Wildman–Crippen MR) is 317 cm³/mol. The van der Waals surface area contributed by atoms with Crippen LogP contribution in [0.1, 0.15) is 233 Å². The second-order valence-electron chi connectivity index (χ2n) is 25.9. The molecule has 11 rings (SSSR count). The summed E-state index contributed by atoms with van der Waals surface area (Å²) in [5.41, 5.74) is 19.3. The first-order valence-corrected chi connectivity index (χ1v) is 28.8. The minimum Gasteiger partial charge on any atom is -0.0998 e. The summed E-state index contributed by atoms with van der Waals surface area (Å²) < 4.78 is 0. The fourth-order valence-electron chi connectivity index (χ4n) is 11.9. The van der Waals surface area contributed by atoms with Crippen LogP contribution in [0, 0.1) is 64.1 Å². The second kappa shape index (κ2) is 28.9. The maximum absolute atomic E-state index is 4.13. The van der Waals surface area contributed by atoms with Gasteiger partial charge >= 0.3 is 0 Å². The topological polar surface area (TPSA) is 0 Å². The molecule has 392 valence electrons. The van der Waals surface area contributed by atoms with Gasteiger partial charge in [-0.25, -0.2) is 0 Å². The quantitative estimate of drug-likeness (QED) is 0.241. The second-order valence-corrected chi connectivity index (χ2v) is 25.9. The smallest absolute Gasteiger partial charge is 0.0133 e. The van der Waals surface area contributed by atoms with Crippen molar-refractivity contribution in [1.82, 2.24) is 0 Å². The van der Waals surface area contributed by atoms with E-state index in [1.54, 1.807) is 27.9 Å². The van der Waals surface area contributed by atoms with Crippen molar-refractivity contribution >= 4 is 0 Å². The lowest BCUT2D eigenvalue weighted by atomic mass is 9.47. The molecule has 0 saturated heterocycles. The Kier molecular flexibility index (Phi) is 25.3. The molecule has 0 heteroatoms. The minimum absolute atomic E-state index is 0.606. The van der Waals surface area contributed by atoms with Crippen molar-refractivity contribution in [2.75, 3.05) is 0 Å². The molecule has 4 fully saturated rings. The van der Waals surface area contributed by atoms with E-state index in [1.165, 1.54) is 148 Å². The molecule has 0 amide bonds. The van der Waals surface area contributed by atoms with Gasteiger partial charge in [-0.3, -0.25) is 0 Å². The van der Waals surface area contributed by atoms with Crippen molar-refractivity contribution in [1.29, 1.82) is 0 Å². The Morgan fingerprint density at radius 2 is 1.14 bits per heavy atom. The maximum Gasteiger partial charge on any atom is -0.0133 e. The normalized spacial score (nSPS) is 27.7. The van der Waals surface area contributed by atoms with Gasteiger partial charge in [0.05, 0.1) is 0 Å². The average molecular weight is 954 g/mol. The molecule has 11 aliphatic carbocycles. The Morgan fingerprint density at radius 1 is 0.529 bits per heavy atom. The standard InChI is InChI=1S/7C10H16/c2*1-7-4-5-8-6-9(7)10(8,2)3;5*1-8(2)10-6-4-9(3)5-7-10/h4,8-9H,5-6H2,1-3H3;8-9H,1,4-6H2,2-3H3;4,7-8H,5-6H2,1-3H3;4,6,8H,5,7H2,1-3H3;6,8H,3-5,7H2,1-2H3;6,9H,1,4-5,7H2,2-3H3;4,10H,1,5-7H2,2-3H3. The van der Waals surface area contributed by atoms with Crippen LogP contribution in [-0.2, 0) is 0 Å². The molecule has 6 unspecified atom stereocenters. The molecule has 70 heavy (non-hydrogen) atoms. The Balaban J connectivity index is 0.000000216. The molecule has 0 aromatic carbocycles. The van der Waals surface area contributed by atoms with Gasteiger partial charge in [0.25, 0.3) is 0 Å². The first-order chi connectivity index (χ1) is 32.7. The molecule has 0 heterocycles. The predicted octanol–water partition coefficient (Wildman–Crippen LogP) is 22.5. The first kappa shape index (κ1) is 61.2. The molecule has 4 bridgehead atoms. The Hall–Kier alpha value is -3.12. The van der Waals surface area contributed by atoms with Gasteiger partial charge in [-0.1, -0.05) is 212 Å². The highest BCUT2D eigenvalue weighted by Gasteiger charge is 2.51. The van der Waals surface area contributed by atoms with Crippen LogP contribution in [0.15, 0.2) is 142 Å². The molecule has 0 N–H and O–H groups in total. The average Bonchev–Trinajstić information content (AvgIpc) is 3.31. The van der Waals surface area contributed by atoms with Crippen LogP contribution < -0.4 is 0 Å². The summed E-state index contributed by atoms with van der Waals surface area (Å²) in [6, 6.07) is 0. The van der Waals surface area contributed by atoms with Crippen LogP contribution in [-0.4, -0.2) is 0 Å². The third kappa shape index (κ3) is 19.4. The number of allylic oxidation sites excluding steroid dienone is 20. The van der Waals surface area contributed by atoms with Gasteiger partial charge in [0.2, 0.25) is 0 Å². The van der Waals surface area contributed by atoms with Crippen molar-refractivity contribution in [2.24, 2.45) is 64.1 Å². The zero-order valence-corrected chi connectivity index (χ0v) is 49.4. The summed E-state index contributed by atoms with van der Waals surface area (Å²) >= 11 is 0. The van der Waals surface area contributed by atoms with Crippen LogP contribution in [0.5, 0.6) is 0 Å². The van der Waals surface area contributed by atoms with Crippen molar-refractivity contribution in [2.45, 2.75) is 233 Å². The fourth-order valence-corrected chi connectivity index (χ4v) is 11.9. The molecular weight excluding hydrogens is 841 g/mol. The lowest BCUT2D eigenvalue weighted by molar-refractivity contribution is -0.0273. The largest absolute Gasteiger partial charge is 0.0998 e. The summed E-state index contributed by atoms with van der Waals surface area (Å²) in [7, 11) is 0. The summed E-state index contributed by atoms with van der Waals surface area (Å²) in [6.07, 6.45) is 41.8. The highest BCUT2D eigenvalue weighted by atomic mass is 14.6. The van der Waals surface area contributed by atoms with Crippen molar-refractivity contribution in [3.63, 3.8) is 0 Å². The van der Waals surface area contributed by atoms with Gasteiger partial charge < -0.3 is 0 Å². The van der Waals surface area contributed by atoms with E-state index in [4.69, 9.17) is 0 Å². The van der Waals surface area contributed by atoms with Crippen LogP contribution in [0.25, 0.3) is 0 Å². The zero-order chi connectivity index (χ0) is 52.5. The number of rotatable bonds is 5. The van der Waals surface area contributed by atoms with Gasteiger partial charge in [-0.2, -0.15) is 0 Å². The summed E-state index contributed by atoms with van der Waals surface area (Å²) in [4.78, 5) is 0. The molecule has 6 atom stereocenters. The number of fused-ring (bicyclic) bond motifs is 3. The van der Waals surface area contributed by atoms with E-state index in [-0.39, 0.29) is 0 Å². The van der Waals surface area contributed by atoms with Crippen molar-refractivity contribution in [3.8, 4) is 0 Å². The molecule has 4 saturated carbocycles. The number of hydrogen-bond donors (Lipinski definition) is 0. The summed E-state index contributed by atoms with van der Waals surface area (Å²) in [5, 5.41) is 0. The third-order valence-corrected chi connectivity index (χ3v) is 18.5. The maximum atomic E-state index is 4.13. The summed E-state index contributed by atoms with van der Waals surface area (Å²) in [5.74, 6) is 7.69. The van der Waals surface area contributed by atoms with E-state index in [0.717, 1.165) is 59.7 Å². The first-order valence-electron chi connectivity index (χ1n) is 28.8. The van der Waals surface area contributed by atoms with Gasteiger partial charge in [-0.15, -0.1) is 0 Å². The van der Waals surface area contributed by atoms with Crippen molar-refractivity contribution in [3.05, 3.63) is 142 Å². The minimum atomic E-state index is 0.606. The van der Waals surface area contributed by atoms with E-state index >= 15 is 0 Å². The lowest BCUT2D eigenvalue weighted by Crippen LogP contribution is -2.48. The van der Waals surface area contributed by atoms with E-state index in [0.29, 0.717) is 10.8 Å². The van der Waals surface area contributed by atoms with Crippen molar-refractivity contribution < 1.29 is 0 Å². The Morgan fingerprint density at radius 3 is 1.51 bits per heavy atom.